The van der Waals surface area contributed by atoms with Crippen LogP contribution in [0.4, 0.5) is 0 Å². The van der Waals surface area contributed by atoms with Crippen LogP contribution < -0.4 is 0 Å². The Balaban J connectivity index is 0.000000187. The number of allylic oxidation sites excluding steroid dienone is 3. The van der Waals surface area contributed by atoms with Crippen LogP contribution in [0, 0.1) is 0 Å². The van der Waals surface area contributed by atoms with Gasteiger partial charge in [0.2, 0.25) is 0 Å². The molecule has 0 aromatic heterocycles. The van der Waals surface area contributed by atoms with Crippen LogP contribution in [-0.4, -0.2) is 34.8 Å². The normalized spacial score (nSPS) is 15.5. The van der Waals surface area contributed by atoms with Gasteiger partial charge in [-0.3, -0.25) is 0 Å². The summed E-state index contributed by atoms with van der Waals surface area (Å²) in [6, 6.07) is 0. The van der Waals surface area contributed by atoms with E-state index in [1.165, 1.54) is 0 Å². The van der Waals surface area contributed by atoms with Crippen molar-refractivity contribution in [2.24, 2.45) is 0 Å². The van der Waals surface area contributed by atoms with E-state index < -0.39 is 7.82 Å². The van der Waals surface area contributed by atoms with Crippen molar-refractivity contribution in [3.05, 3.63) is 23.1 Å². The van der Waals surface area contributed by atoms with E-state index in [1.54, 1.807) is 0 Å². The Labute approximate surface area is 70.7 Å². The van der Waals surface area contributed by atoms with Crippen LogP contribution in [-0.2, 0) is 4.57 Å². The number of rotatable bonds is 0. The standard InChI is InChI=1S/C5H5As.H3O4P/c1-2-4-6-5-3-1;1-5(2,3)4/h1-5H;(H3,1,2,3,4). The Kier molecular flexibility index (Phi) is 5.65. The molecule has 0 aliphatic carbocycles. The summed E-state index contributed by atoms with van der Waals surface area (Å²) in [5.41, 5.74) is 0. The van der Waals surface area contributed by atoms with Crippen molar-refractivity contribution in [1.29, 1.82) is 0 Å². The molecule has 1 heterocycles. The minimum absolute atomic E-state index is 0.438. The fourth-order valence-corrected chi connectivity index (χ4v) is 1.36. The molecule has 62 valence electrons. The monoisotopic (exact) mass is 238 g/mol. The predicted molar refractivity (Wildman–Crippen MR) is 44.4 cm³/mol. The Morgan fingerprint density at radius 2 is 1.64 bits per heavy atom. The molecular formula is C5H8AsO4P. The minimum atomic E-state index is -4.64. The summed E-state index contributed by atoms with van der Waals surface area (Å²) in [5.74, 6) is 0. The van der Waals surface area contributed by atoms with E-state index in [1.807, 2.05) is 0 Å². The van der Waals surface area contributed by atoms with Crippen molar-refractivity contribution in [3.63, 3.8) is 0 Å². The smallest absolute Gasteiger partial charge is 0.303 e. The molecular weight excluding hydrogens is 230 g/mol. The van der Waals surface area contributed by atoms with Crippen LogP contribution >= 0.6 is 7.82 Å². The second-order valence-electron chi connectivity index (χ2n) is 1.54. The molecule has 0 atom stereocenters. The van der Waals surface area contributed by atoms with E-state index in [9.17, 15) is 0 Å². The molecule has 0 aromatic carbocycles. The van der Waals surface area contributed by atoms with Gasteiger partial charge in [0.05, 0.1) is 0 Å². The Morgan fingerprint density at radius 3 is 1.73 bits per heavy atom. The van der Waals surface area contributed by atoms with Gasteiger partial charge in [0, 0.05) is 0 Å². The van der Waals surface area contributed by atoms with Gasteiger partial charge in [-0.1, -0.05) is 0 Å². The van der Waals surface area contributed by atoms with Crippen molar-refractivity contribution < 1.29 is 19.2 Å². The van der Waals surface area contributed by atoms with Crippen molar-refractivity contribution in [2.75, 3.05) is 0 Å². The van der Waals surface area contributed by atoms with E-state index in [0.717, 1.165) is 0 Å². The quantitative estimate of drug-likeness (QED) is 0.398. The third-order valence-corrected chi connectivity index (χ3v) is 2.01. The van der Waals surface area contributed by atoms with Crippen LogP contribution in [0.3, 0.4) is 0 Å². The summed E-state index contributed by atoms with van der Waals surface area (Å²) >= 11 is 0.438. The molecule has 0 spiro atoms. The second-order valence-corrected chi connectivity index (χ2v) is 4.44. The maximum atomic E-state index is 8.88. The molecule has 0 amide bonds. The zero-order valence-electron chi connectivity index (χ0n) is 5.53. The van der Waals surface area contributed by atoms with E-state index in [0.29, 0.717) is 15.3 Å². The van der Waals surface area contributed by atoms with Gasteiger partial charge < -0.3 is 14.7 Å². The molecule has 0 saturated carbocycles. The largest absolute Gasteiger partial charge is 0.466 e. The summed E-state index contributed by atoms with van der Waals surface area (Å²) in [7, 11) is -4.64. The van der Waals surface area contributed by atoms with Gasteiger partial charge in [0.1, 0.15) is 0 Å². The molecule has 1 rings (SSSR count). The van der Waals surface area contributed by atoms with Gasteiger partial charge in [-0.15, -0.1) is 0 Å². The Morgan fingerprint density at radius 1 is 1.09 bits per heavy atom. The number of hydrogen-bond donors (Lipinski definition) is 3. The zero-order valence-corrected chi connectivity index (χ0v) is 8.30. The molecule has 0 fully saturated rings. The zero-order chi connectivity index (χ0) is 8.74. The first kappa shape index (κ1) is 11.0. The molecule has 0 radical (unpaired) electrons. The molecule has 4 nitrogen and oxygen atoms in total. The van der Waals surface area contributed by atoms with E-state index in [2.05, 4.69) is 27.9 Å². The molecule has 3 N–H and O–H groups in total. The average molecular weight is 238 g/mol. The molecule has 0 saturated heterocycles. The van der Waals surface area contributed by atoms with Crippen LogP contribution in [0.15, 0.2) is 23.1 Å². The first-order chi connectivity index (χ1) is 5.00. The van der Waals surface area contributed by atoms with Gasteiger partial charge in [0.15, 0.2) is 0 Å². The third kappa shape index (κ3) is 17.8. The SMILES string of the molecule is C1=CC=[As]C=C1.O=P(O)(O)O. The predicted octanol–water partition coefficient (Wildman–Crippen LogP) is -0.352. The Bertz CT molecular complexity index is 183. The average Bonchev–Trinajstić information content (AvgIpc) is 1.88. The minimum Gasteiger partial charge on any atom is -0.303 e. The first-order valence-corrected chi connectivity index (χ1v) is 6.36. The van der Waals surface area contributed by atoms with Gasteiger partial charge in [-0.2, -0.15) is 0 Å². The molecule has 0 unspecified atom stereocenters. The Hall–Kier alpha value is 0.0184. The van der Waals surface area contributed by atoms with Crippen molar-refractivity contribution in [3.8, 4) is 0 Å². The maximum Gasteiger partial charge on any atom is 0.466 e. The summed E-state index contributed by atoms with van der Waals surface area (Å²) in [6.07, 6.45) is 6.25. The van der Waals surface area contributed by atoms with Crippen molar-refractivity contribution in [1.82, 2.24) is 0 Å². The molecule has 1 aliphatic heterocycles. The molecule has 0 bridgehead atoms. The molecule has 1 aliphatic rings. The van der Waals surface area contributed by atoms with E-state index in [-0.39, 0.29) is 0 Å². The summed E-state index contributed by atoms with van der Waals surface area (Å²) in [4.78, 5) is 26.0. The van der Waals surface area contributed by atoms with Gasteiger partial charge in [0.25, 0.3) is 0 Å². The molecule has 11 heavy (non-hydrogen) atoms. The number of phosphoric acid groups is 1. The van der Waals surface area contributed by atoms with Crippen LogP contribution in [0.5, 0.6) is 0 Å². The third-order valence-electron chi connectivity index (χ3n) is 0.566. The molecule has 0 aromatic rings. The van der Waals surface area contributed by atoms with Crippen molar-refractivity contribution in [2.45, 2.75) is 0 Å². The van der Waals surface area contributed by atoms with Gasteiger partial charge >= 0.3 is 51.0 Å². The fraction of sp³-hybridized carbons (Fsp3) is 0. The van der Waals surface area contributed by atoms with Gasteiger partial charge in [-0.25, -0.2) is 4.57 Å². The topological polar surface area (TPSA) is 77.8 Å². The maximum absolute atomic E-state index is 8.88. The van der Waals surface area contributed by atoms with Crippen molar-refractivity contribution >= 4 is 27.9 Å². The van der Waals surface area contributed by atoms with Crippen LogP contribution in [0.1, 0.15) is 0 Å². The fourth-order valence-electron chi connectivity index (χ4n) is 0.313. The van der Waals surface area contributed by atoms with Crippen LogP contribution in [0.2, 0.25) is 0 Å². The summed E-state index contributed by atoms with van der Waals surface area (Å²) in [5, 5.41) is 0. The number of hydrogen-bond acceptors (Lipinski definition) is 1. The van der Waals surface area contributed by atoms with Gasteiger partial charge in [-0.05, 0) is 0 Å². The summed E-state index contributed by atoms with van der Waals surface area (Å²) < 4.78 is 8.88. The van der Waals surface area contributed by atoms with Crippen LogP contribution in [0.25, 0.3) is 0 Å². The molecule has 6 heteroatoms. The first-order valence-electron chi connectivity index (χ1n) is 2.63. The van der Waals surface area contributed by atoms with E-state index >= 15 is 0 Å². The second kappa shape index (κ2) is 5.64. The van der Waals surface area contributed by atoms with E-state index in [4.69, 9.17) is 19.2 Å². The summed E-state index contributed by atoms with van der Waals surface area (Å²) in [6.45, 7) is 0.